The SMILES string of the molecule is CCNc1nc(NC(C)(C)C)nc(SC)n1.CCNc1nc(NCC)nc(SC)n1. The third kappa shape index (κ3) is 10.1. The first-order chi connectivity index (χ1) is 14.2. The highest BCUT2D eigenvalue weighted by Crippen LogP contribution is 2.16. The van der Waals surface area contributed by atoms with Gasteiger partial charge in [0.1, 0.15) is 0 Å². The van der Waals surface area contributed by atoms with E-state index >= 15 is 0 Å². The van der Waals surface area contributed by atoms with Crippen LogP contribution in [0.25, 0.3) is 0 Å². The Bertz CT molecular complexity index is 743. The van der Waals surface area contributed by atoms with Crippen LogP contribution in [0.2, 0.25) is 0 Å². The number of hydrogen-bond acceptors (Lipinski definition) is 12. The van der Waals surface area contributed by atoms with Crippen molar-refractivity contribution in [1.82, 2.24) is 29.9 Å². The fraction of sp³-hybridized carbons (Fsp3) is 0.667. The van der Waals surface area contributed by atoms with E-state index in [9.17, 15) is 0 Å². The molecule has 10 nitrogen and oxygen atoms in total. The van der Waals surface area contributed by atoms with Crippen LogP contribution in [0.1, 0.15) is 41.5 Å². The smallest absolute Gasteiger partial charge is 0.228 e. The first-order valence-corrected chi connectivity index (χ1v) is 12.3. The number of thioether (sulfide) groups is 2. The van der Waals surface area contributed by atoms with E-state index in [1.807, 2.05) is 33.3 Å². The van der Waals surface area contributed by atoms with Crippen molar-refractivity contribution in [3.63, 3.8) is 0 Å². The fourth-order valence-electron chi connectivity index (χ4n) is 2.00. The van der Waals surface area contributed by atoms with Crippen molar-refractivity contribution in [1.29, 1.82) is 0 Å². The molecule has 0 aliphatic carbocycles. The van der Waals surface area contributed by atoms with Gasteiger partial charge in [-0.1, -0.05) is 23.5 Å². The minimum atomic E-state index is -0.0550. The quantitative estimate of drug-likeness (QED) is 0.413. The third-order valence-corrected chi connectivity index (χ3v) is 4.18. The Morgan fingerprint density at radius 3 is 1.23 bits per heavy atom. The molecular formula is C18H34N10S2. The molecule has 0 saturated heterocycles. The van der Waals surface area contributed by atoms with Crippen LogP contribution in [0.3, 0.4) is 0 Å². The molecule has 12 heteroatoms. The van der Waals surface area contributed by atoms with Crippen LogP contribution in [0.4, 0.5) is 23.8 Å². The van der Waals surface area contributed by atoms with Gasteiger partial charge >= 0.3 is 0 Å². The second kappa shape index (κ2) is 13.3. The Morgan fingerprint density at radius 2 is 0.933 bits per heavy atom. The number of nitrogens with zero attached hydrogens (tertiary/aromatic N) is 6. The fourth-order valence-corrected chi connectivity index (χ4v) is 2.71. The second-order valence-electron chi connectivity index (χ2n) is 6.90. The lowest BCUT2D eigenvalue weighted by atomic mass is 10.1. The summed E-state index contributed by atoms with van der Waals surface area (Å²) in [7, 11) is 0. The zero-order valence-electron chi connectivity index (χ0n) is 19.1. The van der Waals surface area contributed by atoms with Crippen molar-refractivity contribution in [2.24, 2.45) is 0 Å². The Balaban J connectivity index is 0.000000303. The molecule has 0 radical (unpaired) electrons. The maximum absolute atomic E-state index is 4.31. The molecule has 0 atom stereocenters. The minimum absolute atomic E-state index is 0.0550. The summed E-state index contributed by atoms with van der Waals surface area (Å²) in [5.74, 6) is 2.49. The van der Waals surface area contributed by atoms with Gasteiger partial charge in [0, 0.05) is 25.2 Å². The molecule has 0 spiro atoms. The number of anilines is 4. The lowest BCUT2D eigenvalue weighted by Crippen LogP contribution is -2.27. The Hall–Kier alpha value is -2.08. The summed E-state index contributed by atoms with van der Waals surface area (Å²) in [6.07, 6.45) is 3.90. The van der Waals surface area contributed by atoms with Crippen molar-refractivity contribution >= 4 is 47.3 Å². The summed E-state index contributed by atoms with van der Waals surface area (Å²) in [6, 6.07) is 0. The number of nitrogens with one attached hydrogen (secondary N) is 4. The molecule has 0 fully saturated rings. The summed E-state index contributed by atoms with van der Waals surface area (Å²) < 4.78 is 0. The summed E-state index contributed by atoms with van der Waals surface area (Å²) in [6.45, 7) is 14.7. The summed E-state index contributed by atoms with van der Waals surface area (Å²) in [4.78, 5) is 25.5. The van der Waals surface area contributed by atoms with E-state index in [1.54, 1.807) is 0 Å². The molecule has 2 rings (SSSR count). The van der Waals surface area contributed by atoms with Gasteiger partial charge in [-0.3, -0.25) is 0 Å². The first kappa shape index (κ1) is 26.0. The van der Waals surface area contributed by atoms with Crippen LogP contribution >= 0.6 is 23.5 Å². The molecule has 4 N–H and O–H groups in total. The molecule has 0 aliphatic rings. The van der Waals surface area contributed by atoms with E-state index in [4.69, 9.17) is 0 Å². The van der Waals surface area contributed by atoms with E-state index in [0.717, 1.165) is 29.9 Å². The summed E-state index contributed by atoms with van der Waals surface area (Å²) >= 11 is 3.01. The van der Waals surface area contributed by atoms with Crippen LogP contribution in [-0.2, 0) is 0 Å². The molecule has 30 heavy (non-hydrogen) atoms. The topological polar surface area (TPSA) is 125 Å². The molecule has 0 amide bonds. The zero-order valence-corrected chi connectivity index (χ0v) is 20.8. The molecule has 2 aromatic rings. The molecule has 0 aromatic carbocycles. The highest BCUT2D eigenvalue weighted by Gasteiger charge is 2.13. The average molecular weight is 455 g/mol. The lowest BCUT2D eigenvalue weighted by molar-refractivity contribution is 0.622. The van der Waals surface area contributed by atoms with E-state index in [-0.39, 0.29) is 5.54 Å². The Labute approximate surface area is 188 Å². The van der Waals surface area contributed by atoms with Crippen LogP contribution in [0.5, 0.6) is 0 Å². The summed E-state index contributed by atoms with van der Waals surface area (Å²) in [5.41, 5.74) is -0.0550. The van der Waals surface area contributed by atoms with Crippen LogP contribution < -0.4 is 21.3 Å². The molecule has 168 valence electrons. The predicted octanol–water partition coefficient (Wildman–Crippen LogP) is 3.69. The molecule has 0 bridgehead atoms. The van der Waals surface area contributed by atoms with Crippen molar-refractivity contribution in [3.05, 3.63) is 0 Å². The van der Waals surface area contributed by atoms with Gasteiger partial charge in [-0.05, 0) is 54.1 Å². The van der Waals surface area contributed by atoms with Gasteiger partial charge in [0.25, 0.3) is 0 Å². The third-order valence-electron chi connectivity index (χ3n) is 3.09. The first-order valence-electron chi connectivity index (χ1n) is 9.84. The maximum Gasteiger partial charge on any atom is 0.228 e. The van der Waals surface area contributed by atoms with Crippen molar-refractivity contribution in [2.45, 2.75) is 57.4 Å². The van der Waals surface area contributed by atoms with Gasteiger partial charge in [-0.25, -0.2) is 0 Å². The Kier molecular flexibility index (Phi) is 11.5. The maximum atomic E-state index is 4.31. The largest absolute Gasteiger partial charge is 0.354 e. The van der Waals surface area contributed by atoms with Gasteiger partial charge < -0.3 is 21.3 Å². The van der Waals surface area contributed by atoms with Crippen LogP contribution in [0, 0.1) is 0 Å². The van der Waals surface area contributed by atoms with Gasteiger partial charge in [-0.2, -0.15) is 29.9 Å². The molecule has 2 aromatic heterocycles. The minimum Gasteiger partial charge on any atom is -0.354 e. The molecule has 0 aliphatic heterocycles. The normalized spacial score (nSPS) is 10.7. The van der Waals surface area contributed by atoms with E-state index in [0.29, 0.717) is 23.8 Å². The van der Waals surface area contributed by atoms with Gasteiger partial charge in [-0.15, -0.1) is 0 Å². The second-order valence-corrected chi connectivity index (χ2v) is 8.45. The zero-order chi connectivity index (χ0) is 22.6. The van der Waals surface area contributed by atoms with Crippen LogP contribution in [0.15, 0.2) is 10.3 Å². The van der Waals surface area contributed by atoms with Gasteiger partial charge in [0.05, 0.1) is 0 Å². The highest BCUT2D eigenvalue weighted by atomic mass is 32.2. The Morgan fingerprint density at radius 1 is 0.600 bits per heavy atom. The van der Waals surface area contributed by atoms with Crippen LogP contribution in [-0.4, -0.2) is 67.6 Å². The number of hydrogen-bond donors (Lipinski definition) is 4. The molecule has 0 saturated carbocycles. The standard InChI is InChI=1S/C10H19N5S.C8H15N5S/c1-6-11-7-12-8(15-10(2,3)4)14-9(13-7)16-5;1-4-9-6-11-7(10-5-2)13-8(12-6)14-3/h6H2,1-5H3,(H2,11,12,13,14,15);4-5H2,1-3H3,(H2,9,10,11,12,13). The lowest BCUT2D eigenvalue weighted by Gasteiger charge is -2.20. The average Bonchev–Trinajstić information content (AvgIpc) is 2.67. The van der Waals surface area contributed by atoms with E-state index in [1.165, 1.54) is 23.5 Å². The van der Waals surface area contributed by atoms with Crippen molar-refractivity contribution in [2.75, 3.05) is 53.4 Å². The van der Waals surface area contributed by atoms with Gasteiger partial charge in [0.2, 0.25) is 23.8 Å². The molecular weight excluding hydrogens is 420 g/mol. The molecule has 2 heterocycles. The van der Waals surface area contributed by atoms with E-state index in [2.05, 4.69) is 71.9 Å². The molecule has 0 unspecified atom stereocenters. The highest BCUT2D eigenvalue weighted by molar-refractivity contribution is 7.98. The summed E-state index contributed by atoms with van der Waals surface area (Å²) in [5, 5.41) is 13.9. The monoisotopic (exact) mass is 454 g/mol. The van der Waals surface area contributed by atoms with E-state index < -0.39 is 0 Å². The van der Waals surface area contributed by atoms with Gasteiger partial charge in [0.15, 0.2) is 10.3 Å². The number of rotatable bonds is 9. The number of aromatic nitrogens is 6. The van der Waals surface area contributed by atoms with Crippen molar-refractivity contribution < 1.29 is 0 Å². The van der Waals surface area contributed by atoms with Crippen molar-refractivity contribution in [3.8, 4) is 0 Å². The predicted molar refractivity (Wildman–Crippen MR) is 129 cm³/mol.